The second kappa shape index (κ2) is 5.84. The molecule has 2 heterocycles. The minimum Gasteiger partial charge on any atom is -0.454 e. The van der Waals surface area contributed by atoms with Gasteiger partial charge in [-0.05, 0) is 38.3 Å². The predicted molar refractivity (Wildman–Crippen MR) is 82.8 cm³/mol. The third-order valence-corrected chi connectivity index (χ3v) is 9.71. The van der Waals surface area contributed by atoms with E-state index in [2.05, 4.69) is 48.2 Å². The van der Waals surface area contributed by atoms with Gasteiger partial charge in [-0.15, -0.1) is 12.4 Å². The zero-order chi connectivity index (χ0) is 12.5. The summed E-state index contributed by atoms with van der Waals surface area (Å²) in [5, 5.41) is 0. The van der Waals surface area contributed by atoms with Gasteiger partial charge in [-0.2, -0.15) is 0 Å². The maximum atomic E-state index is 6.34. The zero-order valence-electron chi connectivity index (χ0n) is 11.6. The third kappa shape index (κ3) is 4.47. The predicted octanol–water partition coefficient (Wildman–Crippen LogP) is 2.82. The van der Waals surface area contributed by atoms with Crippen LogP contribution in [-0.4, -0.2) is 38.9 Å². The lowest BCUT2D eigenvalue weighted by molar-refractivity contribution is 0.288. The summed E-state index contributed by atoms with van der Waals surface area (Å²) >= 11 is 0. The van der Waals surface area contributed by atoms with E-state index in [-0.39, 0.29) is 12.4 Å². The first-order chi connectivity index (χ1) is 7.86. The summed E-state index contributed by atoms with van der Waals surface area (Å²) in [7, 11) is -2.97. The van der Waals surface area contributed by atoms with E-state index in [1.54, 1.807) is 0 Å². The minimum atomic E-state index is -1.48. The third-order valence-electron chi connectivity index (χ3n) is 2.87. The number of nitrogens with zero attached hydrogens (tertiary/aromatic N) is 2. The molecule has 102 valence electrons. The van der Waals surface area contributed by atoms with Crippen molar-refractivity contribution < 1.29 is 4.12 Å². The fraction of sp³-hybridized carbons (Fsp3) is 0.583. The van der Waals surface area contributed by atoms with E-state index in [0.29, 0.717) is 0 Å². The molecular formula is C12H23ClN2OSi2. The van der Waals surface area contributed by atoms with Crippen LogP contribution in [0.5, 0.6) is 0 Å². The molecule has 0 aromatic carbocycles. The molecule has 2 rings (SSSR count). The van der Waals surface area contributed by atoms with Crippen molar-refractivity contribution in [1.82, 2.24) is 9.88 Å². The molecule has 0 spiro atoms. The molecule has 1 saturated heterocycles. The standard InChI is InChI=1S/C12H22N2OSi2.ClH/c1-16(2)10-14(11-17(3,4)15-16)9-12-7-5-6-8-13-12;/h5-8H,9-11H2,1-4H3;1H. The average Bonchev–Trinajstić information content (AvgIpc) is 2.13. The molecule has 0 unspecified atom stereocenters. The Balaban J connectivity index is 0.00000162. The Bertz CT molecular complexity index is 371. The minimum absolute atomic E-state index is 0. The van der Waals surface area contributed by atoms with Gasteiger partial charge in [0.1, 0.15) is 0 Å². The highest BCUT2D eigenvalue weighted by atomic mass is 35.5. The van der Waals surface area contributed by atoms with Crippen LogP contribution in [0.4, 0.5) is 0 Å². The highest BCUT2D eigenvalue weighted by Gasteiger charge is 2.41. The molecule has 0 radical (unpaired) electrons. The highest BCUT2D eigenvalue weighted by Crippen LogP contribution is 2.23. The van der Waals surface area contributed by atoms with Crippen LogP contribution in [0.15, 0.2) is 24.4 Å². The fourth-order valence-electron chi connectivity index (χ4n) is 2.78. The van der Waals surface area contributed by atoms with E-state index in [4.69, 9.17) is 4.12 Å². The first-order valence-electron chi connectivity index (χ1n) is 6.19. The number of hydrogen-bond donors (Lipinski definition) is 0. The molecular weight excluding hydrogens is 280 g/mol. The number of pyridine rings is 1. The second-order valence-corrected chi connectivity index (χ2v) is 14.6. The molecule has 0 bridgehead atoms. The Labute approximate surface area is 118 Å². The first kappa shape index (κ1) is 15.8. The maximum Gasteiger partial charge on any atom is 0.187 e. The summed E-state index contributed by atoms with van der Waals surface area (Å²) in [6.07, 6.45) is 4.13. The summed E-state index contributed by atoms with van der Waals surface area (Å²) < 4.78 is 6.34. The van der Waals surface area contributed by atoms with Gasteiger partial charge < -0.3 is 4.12 Å². The lowest BCUT2D eigenvalue weighted by Crippen LogP contribution is -2.62. The molecule has 0 aliphatic carbocycles. The van der Waals surface area contributed by atoms with Gasteiger partial charge in [0.05, 0.1) is 5.69 Å². The van der Waals surface area contributed by atoms with Crippen molar-refractivity contribution in [3.63, 3.8) is 0 Å². The number of hydrogen-bond acceptors (Lipinski definition) is 3. The van der Waals surface area contributed by atoms with Crippen LogP contribution < -0.4 is 0 Å². The van der Waals surface area contributed by atoms with E-state index in [1.807, 2.05) is 12.3 Å². The van der Waals surface area contributed by atoms with Crippen LogP contribution in [-0.2, 0) is 10.7 Å². The van der Waals surface area contributed by atoms with Crippen LogP contribution in [0.3, 0.4) is 0 Å². The topological polar surface area (TPSA) is 25.4 Å². The molecule has 6 heteroatoms. The Morgan fingerprint density at radius 2 is 1.78 bits per heavy atom. The summed E-state index contributed by atoms with van der Waals surface area (Å²) in [4.78, 5) is 6.96. The van der Waals surface area contributed by atoms with Gasteiger partial charge in [-0.3, -0.25) is 9.88 Å². The van der Waals surface area contributed by atoms with Gasteiger partial charge in [0.15, 0.2) is 16.6 Å². The monoisotopic (exact) mass is 302 g/mol. The normalized spacial score (nSPS) is 22.2. The van der Waals surface area contributed by atoms with Gasteiger partial charge >= 0.3 is 0 Å². The molecule has 1 fully saturated rings. The van der Waals surface area contributed by atoms with Gasteiger partial charge in [0.25, 0.3) is 0 Å². The van der Waals surface area contributed by atoms with Crippen molar-refractivity contribution >= 4 is 29.0 Å². The molecule has 0 N–H and O–H groups in total. The molecule has 1 aliphatic heterocycles. The number of aromatic nitrogens is 1. The second-order valence-electron chi connectivity index (χ2n) is 6.09. The Morgan fingerprint density at radius 1 is 1.17 bits per heavy atom. The summed E-state index contributed by atoms with van der Waals surface area (Å²) in [6, 6.07) is 6.15. The summed E-state index contributed by atoms with van der Waals surface area (Å²) in [5.41, 5.74) is 1.17. The molecule has 1 aromatic heterocycles. The quantitative estimate of drug-likeness (QED) is 0.786. The smallest absolute Gasteiger partial charge is 0.187 e. The van der Waals surface area contributed by atoms with E-state index < -0.39 is 16.6 Å². The van der Waals surface area contributed by atoms with Crippen LogP contribution in [0.25, 0.3) is 0 Å². The molecule has 3 nitrogen and oxygen atoms in total. The van der Waals surface area contributed by atoms with Gasteiger partial charge in [-0.1, -0.05) is 6.07 Å². The first-order valence-corrected chi connectivity index (χ1v) is 12.4. The number of halogens is 1. The Kier molecular flexibility index (Phi) is 5.14. The average molecular weight is 303 g/mol. The van der Waals surface area contributed by atoms with Crippen LogP contribution in [0.1, 0.15) is 5.69 Å². The summed E-state index contributed by atoms with van der Waals surface area (Å²) in [5.74, 6) is 0. The molecule has 0 atom stereocenters. The van der Waals surface area contributed by atoms with E-state index in [1.165, 1.54) is 5.69 Å². The molecule has 1 aromatic rings. The Hall–Kier alpha value is -0.206. The van der Waals surface area contributed by atoms with Gasteiger partial charge in [-0.25, -0.2) is 0 Å². The van der Waals surface area contributed by atoms with Crippen LogP contribution >= 0.6 is 12.4 Å². The fourth-order valence-corrected chi connectivity index (χ4v) is 12.1. The lowest BCUT2D eigenvalue weighted by atomic mass is 10.3. The van der Waals surface area contributed by atoms with Gasteiger partial charge in [0, 0.05) is 25.1 Å². The largest absolute Gasteiger partial charge is 0.454 e. The van der Waals surface area contributed by atoms with E-state index in [0.717, 1.165) is 18.9 Å². The molecule has 18 heavy (non-hydrogen) atoms. The SMILES string of the molecule is C[Si]1(C)CN(Cc2ccccn2)C[Si](C)(C)O1.Cl. The van der Waals surface area contributed by atoms with Crippen LogP contribution in [0.2, 0.25) is 26.2 Å². The molecule has 0 amide bonds. The van der Waals surface area contributed by atoms with Crippen molar-refractivity contribution in [3.8, 4) is 0 Å². The van der Waals surface area contributed by atoms with Crippen LogP contribution in [0, 0.1) is 0 Å². The number of rotatable bonds is 2. The molecule has 1 aliphatic rings. The zero-order valence-corrected chi connectivity index (χ0v) is 14.5. The Morgan fingerprint density at radius 3 is 2.28 bits per heavy atom. The summed E-state index contributed by atoms with van der Waals surface area (Å²) in [6.45, 7) is 10.3. The van der Waals surface area contributed by atoms with Crippen molar-refractivity contribution in [3.05, 3.63) is 30.1 Å². The van der Waals surface area contributed by atoms with Crippen molar-refractivity contribution in [2.24, 2.45) is 0 Å². The maximum absolute atomic E-state index is 6.34. The lowest BCUT2D eigenvalue weighted by Gasteiger charge is -2.45. The van der Waals surface area contributed by atoms with E-state index >= 15 is 0 Å². The molecule has 0 saturated carbocycles. The van der Waals surface area contributed by atoms with Gasteiger partial charge in [0.2, 0.25) is 0 Å². The van der Waals surface area contributed by atoms with Crippen molar-refractivity contribution in [1.29, 1.82) is 0 Å². The highest BCUT2D eigenvalue weighted by molar-refractivity contribution is 6.86. The van der Waals surface area contributed by atoms with Crippen molar-refractivity contribution in [2.45, 2.75) is 32.7 Å². The van der Waals surface area contributed by atoms with Crippen molar-refractivity contribution in [2.75, 3.05) is 12.3 Å². The van der Waals surface area contributed by atoms with E-state index in [9.17, 15) is 0 Å².